The fourth-order valence-electron chi connectivity index (χ4n) is 4.84. The van der Waals surface area contributed by atoms with Crippen LogP contribution in [-0.2, 0) is 13.0 Å². The van der Waals surface area contributed by atoms with Crippen molar-refractivity contribution in [2.45, 2.75) is 53.5 Å². The first-order chi connectivity index (χ1) is 17.5. The largest absolute Gasteiger partial charge is 0.354 e. The summed E-state index contributed by atoms with van der Waals surface area (Å²) >= 11 is 0. The molecule has 0 fully saturated rings. The van der Waals surface area contributed by atoms with Crippen molar-refractivity contribution in [2.75, 3.05) is 7.05 Å². The van der Waals surface area contributed by atoms with Crippen LogP contribution < -0.4 is 5.73 Å². The molecule has 1 aromatic heterocycles. The average Bonchev–Trinajstić information content (AvgIpc) is 3.54. The summed E-state index contributed by atoms with van der Waals surface area (Å²) in [5.41, 5.74) is 16.0. The number of benzene rings is 2. The Morgan fingerprint density at radius 1 is 1.08 bits per heavy atom. The van der Waals surface area contributed by atoms with Crippen LogP contribution in [0, 0.1) is 12.8 Å². The van der Waals surface area contributed by atoms with Crippen LogP contribution in [0.25, 0.3) is 22.3 Å². The van der Waals surface area contributed by atoms with Crippen molar-refractivity contribution >= 4 is 11.1 Å². The Bertz CT molecular complexity index is 1270. The summed E-state index contributed by atoms with van der Waals surface area (Å²) in [6, 6.07) is 15.8. The lowest BCUT2D eigenvalue weighted by Gasteiger charge is -2.14. The van der Waals surface area contributed by atoms with Gasteiger partial charge in [-0.2, -0.15) is 0 Å². The summed E-state index contributed by atoms with van der Waals surface area (Å²) in [6.07, 6.45) is 18.8. The van der Waals surface area contributed by atoms with E-state index in [0.29, 0.717) is 0 Å². The molecule has 0 aliphatic heterocycles. The molecule has 36 heavy (non-hydrogen) atoms. The topological polar surface area (TPSA) is 30.9 Å². The zero-order chi connectivity index (χ0) is 26.1. The van der Waals surface area contributed by atoms with Crippen LogP contribution in [0.15, 0.2) is 91.8 Å². The molecule has 0 saturated carbocycles. The van der Waals surface area contributed by atoms with Gasteiger partial charge in [0.2, 0.25) is 0 Å². The highest BCUT2D eigenvalue weighted by atomic mass is 14.9. The second-order valence-corrected chi connectivity index (χ2v) is 9.55. The molecule has 2 heteroatoms. The molecule has 2 nitrogen and oxygen atoms in total. The Hall–Kier alpha value is -3.36. The van der Waals surface area contributed by atoms with E-state index < -0.39 is 0 Å². The van der Waals surface area contributed by atoms with Crippen molar-refractivity contribution in [1.82, 2.24) is 4.57 Å². The summed E-state index contributed by atoms with van der Waals surface area (Å²) in [7, 11) is 1.50. The first-order valence-electron chi connectivity index (χ1n) is 13.1. The molecule has 3 aromatic rings. The monoisotopic (exact) mass is 478 g/mol. The summed E-state index contributed by atoms with van der Waals surface area (Å²) in [6.45, 7) is 14.3. The van der Waals surface area contributed by atoms with Crippen molar-refractivity contribution < 1.29 is 0 Å². The van der Waals surface area contributed by atoms with Crippen molar-refractivity contribution in [3.8, 4) is 11.1 Å². The molecule has 1 heterocycles. The fraction of sp³-hybridized carbons (Fsp3) is 0.294. The second-order valence-electron chi connectivity index (χ2n) is 9.55. The highest BCUT2D eigenvalue weighted by Crippen LogP contribution is 2.35. The molecule has 1 aliphatic rings. The van der Waals surface area contributed by atoms with Crippen LogP contribution in [0.5, 0.6) is 0 Å². The molecule has 0 spiro atoms. The van der Waals surface area contributed by atoms with Crippen molar-refractivity contribution in [2.24, 2.45) is 11.7 Å². The van der Waals surface area contributed by atoms with E-state index >= 15 is 0 Å². The molecule has 1 unspecified atom stereocenters. The van der Waals surface area contributed by atoms with Gasteiger partial charge < -0.3 is 10.3 Å². The highest BCUT2D eigenvalue weighted by Gasteiger charge is 2.16. The maximum absolute atomic E-state index is 4.54. The summed E-state index contributed by atoms with van der Waals surface area (Å²) in [4.78, 5) is 0. The molecule has 188 valence electrons. The molecule has 1 aliphatic carbocycles. The molecule has 4 rings (SSSR count). The van der Waals surface area contributed by atoms with E-state index in [9.17, 15) is 0 Å². The molecular weight excluding hydrogens is 436 g/mol. The van der Waals surface area contributed by atoms with E-state index in [1.807, 2.05) is 6.92 Å². The predicted molar refractivity (Wildman–Crippen MR) is 159 cm³/mol. The molecule has 2 N–H and O–H groups in total. The first-order valence-corrected chi connectivity index (χ1v) is 13.1. The summed E-state index contributed by atoms with van der Waals surface area (Å²) in [5, 5.41) is 0. The van der Waals surface area contributed by atoms with Crippen molar-refractivity contribution in [3.05, 3.63) is 120 Å². The minimum Gasteiger partial charge on any atom is -0.354 e. The molecule has 2 aromatic carbocycles. The van der Waals surface area contributed by atoms with Gasteiger partial charge in [-0.05, 0) is 110 Å². The summed E-state index contributed by atoms with van der Waals surface area (Å²) in [5.74, 6) is 0.748. The number of nitrogens with two attached hydrogens (primary N) is 1. The van der Waals surface area contributed by atoms with Gasteiger partial charge in [0.25, 0.3) is 0 Å². The zero-order valence-electron chi connectivity index (χ0n) is 22.7. The normalized spacial score (nSPS) is 15.3. The minimum atomic E-state index is 0.748. The maximum atomic E-state index is 4.54. The van der Waals surface area contributed by atoms with Gasteiger partial charge in [0.15, 0.2) is 0 Å². The van der Waals surface area contributed by atoms with Crippen LogP contribution in [-0.4, -0.2) is 11.6 Å². The van der Waals surface area contributed by atoms with Gasteiger partial charge in [-0.15, -0.1) is 0 Å². The molecule has 0 bridgehead atoms. The average molecular weight is 479 g/mol. The maximum Gasteiger partial charge on any atom is 0.0191 e. The third-order valence-electron chi connectivity index (χ3n) is 6.90. The van der Waals surface area contributed by atoms with Gasteiger partial charge in [-0.1, -0.05) is 74.2 Å². The molecule has 0 amide bonds. The Morgan fingerprint density at radius 3 is 2.58 bits per heavy atom. The number of hydrogen-bond donors (Lipinski definition) is 1. The molecular formula is C34H42N2. The quantitative estimate of drug-likeness (QED) is 0.323. The number of rotatable bonds is 8. The van der Waals surface area contributed by atoms with Crippen LogP contribution in [0.1, 0.15) is 61.4 Å². The van der Waals surface area contributed by atoms with E-state index in [4.69, 9.17) is 0 Å². The number of aromatic nitrogens is 1. The van der Waals surface area contributed by atoms with Gasteiger partial charge in [-0.25, -0.2) is 0 Å². The molecule has 0 radical (unpaired) electrons. The van der Waals surface area contributed by atoms with Crippen LogP contribution >= 0.6 is 0 Å². The summed E-state index contributed by atoms with van der Waals surface area (Å²) < 4.78 is 2.28. The number of hydrogen-bond acceptors (Lipinski definition) is 1. The lowest BCUT2D eigenvalue weighted by atomic mass is 9.90. The third-order valence-corrected chi connectivity index (χ3v) is 6.90. The minimum absolute atomic E-state index is 0.748. The Morgan fingerprint density at radius 2 is 1.89 bits per heavy atom. The Kier molecular flexibility index (Phi) is 9.90. The lowest BCUT2D eigenvalue weighted by molar-refractivity contribution is 0.642. The predicted octanol–water partition coefficient (Wildman–Crippen LogP) is 8.61. The van der Waals surface area contributed by atoms with Gasteiger partial charge in [0.05, 0.1) is 0 Å². The van der Waals surface area contributed by atoms with Crippen LogP contribution in [0.4, 0.5) is 0 Å². The number of nitrogens with zero attached hydrogens (tertiary/aromatic N) is 1. The molecule has 1 atom stereocenters. The number of allylic oxidation sites excluding steroid dienone is 6. The van der Waals surface area contributed by atoms with Crippen LogP contribution in [0.2, 0.25) is 0 Å². The standard InChI is InChI=1S/C33H37N.CH5N/c1-6-8-9-10-12-31-22-34(7-2)23-33(31)30-18-16-25(4)32(21-30)26(5)27-13-11-14-28(20-27)29-17-15-24(3)19-29;1-2/h6,8-11,13-14,16-18,20-24H,5,7,12,15,19H2,1-4H3;2H2,1H3/b8-6+,10-9-;. The zero-order valence-corrected chi connectivity index (χ0v) is 22.7. The van der Waals surface area contributed by atoms with E-state index in [0.717, 1.165) is 24.5 Å². The van der Waals surface area contributed by atoms with Crippen LogP contribution in [0.3, 0.4) is 0 Å². The van der Waals surface area contributed by atoms with Crippen molar-refractivity contribution in [3.63, 3.8) is 0 Å². The fourth-order valence-corrected chi connectivity index (χ4v) is 4.84. The van der Waals surface area contributed by atoms with E-state index in [1.165, 1.54) is 64.4 Å². The van der Waals surface area contributed by atoms with E-state index in [1.54, 1.807) is 0 Å². The van der Waals surface area contributed by atoms with E-state index in [2.05, 4.69) is 123 Å². The first kappa shape index (κ1) is 27.2. The number of aryl methyl sites for hydroxylation is 2. The van der Waals surface area contributed by atoms with Crippen molar-refractivity contribution in [1.29, 1.82) is 0 Å². The molecule has 0 saturated heterocycles. The van der Waals surface area contributed by atoms with E-state index in [-0.39, 0.29) is 0 Å². The lowest BCUT2D eigenvalue weighted by Crippen LogP contribution is -1.94. The van der Waals surface area contributed by atoms with Gasteiger partial charge in [-0.3, -0.25) is 0 Å². The third kappa shape index (κ3) is 6.44. The van der Waals surface area contributed by atoms with Gasteiger partial charge in [0, 0.05) is 24.5 Å². The Labute approximate surface area is 218 Å². The highest BCUT2D eigenvalue weighted by molar-refractivity contribution is 5.84. The second kappa shape index (κ2) is 13.1. The Balaban J connectivity index is 0.00000176. The van der Waals surface area contributed by atoms with Gasteiger partial charge in [0.1, 0.15) is 0 Å². The van der Waals surface area contributed by atoms with Gasteiger partial charge >= 0.3 is 0 Å². The SMILES string of the molecule is C=C(c1cccc(C2=CCC(C)C2)c1)c1cc(-c2cn(CC)cc2C/C=C\C=C\C)ccc1C.CN. The smallest absolute Gasteiger partial charge is 0.0191 e.